The summed E-state index contributed by atoms with van der Waals surface area (Å²) in [6, 6.07) is 10.5. The van der Waals surface area contributed by atoms with Gasteiger partial charge in [0.1, 0.15) is 11.4 Å². The van der Waals surface area contributed by atoms with Crippen molar-refractivity contribution in [3.05, 3.63) is 46.7 Å². The van der Waals surface area contributed by atoms with Crippen molar-refractivity contribution in [2.75, 3.05) is 18.5 Å². The van der Waals surface area contributed by atoms with Crippen molar-refractivity contribution in [1.82, 2.24) is 5.32 Å². The Morgan fingerprint density at radius 1 is 1.21 bits per heavy atom. The summed E-state index contributed by atoms with van der Waals surface area (Å²) in [6.07, 6.45) is 0. The number of anilines is 1. The highest BCUT2D eigenvalue weighted by Gasteiger charge is 2.26. The average molecular weight is 348 g/mol. The second kappa shape index (κ2) is 7.94. The molecule has 1 atom stereocenters. The molecule has 0 aliphatic rings. The van der Waals surface area contributed by atoms with Gasteiger partial charge in [0.15, 0.2) is 0 Å². The zero-order valence-electron chi connectivity index (χ0n) is 13.5. The molecule has 0 saturated carbocycles. The number of hydrogen-bond donors (Lipinski definition) is 3. The van der Waals surface area contributed by atoms with Crippen molar-refractivity contribution in [3.63, 3.8) is 0 Å². The van der Waals surface area contributed by atoms with Gasteiger partial charge in [0, 0.05) is 4.88 Å². The lowest BCUT2D eigenvalue weighted by atomic mass is 10.1. The number of nitrogens with one attached hydrogen (secondary N) is 2. The summed E-state index contributed by atoms with van der Waals surface area (Å²) in [7, 11) is 0. The number of amides is 2. The molecule has 24 heavy (non-hydrogen) atoms. The van der Waals surface area contributed by atoms with Crippen LogP contribution in [0.2, 0.25) is 0 Å². The van der Waals surface area contributed by atoms with Gasteiger partial charge in [0.05, 0.1) is 18.8 Å². The summed E-state index contributed by atoms with van der Waals surface area (Å²) < 4.78 is 5.40. The van der Waals surface area contributed by atoms with E-state index in [0.717, 1.165) is 0 Å². The first-order valence-corrected chi connectivity index (χ1v) is 8.39. The van der Waals surface area contributed by atoms with Crippen LogP contribution in [0.1, 0.15) is 18.7 Å². The Bertz CT molecular complexity index is 698. The van der Waals surface area contributed by atoms with Crippen LogP contribution in [-0.4, -0.2) is 30.1 Å². The van der Waals surface area contributed by atoms with E-state index in [9.17, 15) is 14.7 Å². The number of ether oxygens (including phenoxy) is 1. The average Bonchev–Trinajstić information content (AvgIpc) is 3.10. The second-order valence-electron chi connectivity index (χ2n) is 5.32. The number of benzene rings is 1. The first-order chi connectivity index (χ1) is 11.4. The summed E-state index contributed by atoms with van der Waals surface area (Å²) in [5.74, 6) is -1.14. The standard InChI is InChI=1S/C17H20N2O4S/c1-3-23-13-8-5-4-7-12(13)19-16(21)15(20)18-11-17(2,22)14-9-6-10-24-14/h4-10,22H,3,11H2,1-2H3,(H,18,20)(H,19,21). The van der Waals surface area contributed by atoms with Crippen molar-refractivity contribution >= 4 is 28.8 Å². The summed E-state index contributed by atoms with van der Waals surface area (Å²) in [4.78, 5) is 24.7. The minimum absolute atomic E-state index is 0.0626. The lowest BCUT2D eigenvalue weighted by Crippen LogP contribution is -2.43. The number of hydrogen-bond acceptors (Lipinski definition) is 5. The fourth-order valence-corrected chi connectivity index (χ4v) is 2.82. The van der Waals surface area contributed by atoms with Gasteiger partial charge in [0.2, 0.25) is 0 Å². The van der Waals surface area contributed by atoms with Crippen molar-refractivity contribution in [1.29, 1.82) is 0 Å². The molecule has 0 fully saturated rings. The SMILES string of the molecule is CCOc1ccccc1NC(=O)C(=O)NCC(C)(O)c1cccs1. The smallest absolute Gasteiger partial charge is 0.313 e. The summed E-state index contributed by atoms with van der Waals surface area (Å²) in [6.45, 7) is 3.80. The topological polar surface area (TPSA) is 87.7 Å². The van der Waals surface area contributed by atoms with Crippen molar-refractivity contribution in [3.8, 4) is 5.75 Å². The summed E-state index contributed by atoms with van der Waals surface area (Å²) in [5, 5.41) is 17.1. The second-order valence-corrected chi connectivity index (χ2v) is 6.26. The van der Waals surface area contributed by atoms with Crippen LogP contribution < -0.4 is 15.4 Å². The van der Waals surface area contributed by atoms with Gasteiger partial charge in [-0.05, 0) is 37.4 Å². The minimum Gasteiger partial charge on any atom is -0.492 e. The predicted molar refractivity (Wildman–Crippen MR) is 93.1 cm³/mol. The molecule has 128 valence electrons. The molecule has 1 aromatic heterocycles. The minimum atomic E-state index is -1.23. The predicted octanol–water partition coefficient (Wildman–Crippen LogP) is 2.11. The van der Waals surface area contributed by atoms with Gasteiger partial charge in [0.25, 0.3) is 0 Å². The van der Waals surface area contributed by atoms with Gasteiger partial charge < -0.3 is 20.5 Å². The van der Waals surface area contributed by atoms with Crippen LogP contribution in [0.25, 0.3) is 0 Å². The normalized spacial score (nSPS) is 13.0. The van der Waals surface area contributed by atoms with Crippen LogP contribution in [0.4, 0.5) is 5.69 Å². The number of aliphatic hydroxyl groups is 1. The van der Waals surface area contributed by atoms with E-state index in [1.807, 2.05) is 18.4 Å². The van der Waals surface area contributed by atoms with Crippen LogP contribution in [-0.2, 0) is 15.2 Å². The molecule has 0 saturated heterocycles. The van der Waals surface area contributed by atoms with E-state index in [4.69, 9.17) is 4.74 Å². The van der Waals surface area contributed by atoms with Crippen LogP contribution in [0.3, 0.4) is 0 Å². The Morgan fingerprint density at radius 3 is 2.62 bits per heavy atom. The zero-order valence-corrected chi connectivity index (χ0v) is 14.4. The number of rotatable bonds is 6. The maximum atomic E-state index is 12.0. The Labute approximate surface area is 144 Å². The number of carbonyl (C=O) groups is 2. The van der Waals surface area contributed by atoms with Gasteiger partial charge in [-0.3, -0.25) is 9.59 Å². The molecule has 0 aliphatic carbocycles. The molecule has 1 unspecified atom stereocenters. The Hall–Kier alpha value is -2.38. The molecule has 0 aliphatic heterocycles. The van der Waals surface area contributed by atoms with Crippen LogP contribution >= 0.6 is 11.3 Å². The fraction of sp³-hybridized carbons (Fsp3) is 0.294. The molecule has 2 amide bonds. The highest BCUT2D eigenvalue weighted by molar-refractivity contribution is 7.10. The highest BCUT2D eigenvalue weighted by Crippen LogP contribution is 2.25. The van der Waals surface area contributed by atoms with Crippen LogP contribution in [0.5, 0.6) is 5.75 Å². The van der Waals surface area contributed by atoms with E-state index < -0.39 is 17.4 Å². The quantitative estimate of drug-likeness (QED) is 0.698. The van der Waals surface area contributed by atoms with Gasteiger partial charge in [-0.25, -0.2) is 0 Å². The largest absolute Gasteiger partial charge is 0.492 e. The monoisotopic (exact) mass is 348 g/mol. The van der Waals surface area contributed by atoms with E-state index in [0.29, 0.717) is 22.9 Å². The third-order valence-corrected chi connectivity index (χ3v) is 4.41. The maximum Gasteiger partial charge on any atom is 0.313 e. The van der Waals surface area contributed by atoms with E-state index in [1.165, 1.54) is 11.3 Å². The lowest BCUT2D eigenvalue weighted by Gasteiger charge is -2.22. The first-order valence-electron chi connectivity index (χ1n) is 7.51. The van der Waals surface area contributed by atoms with Crippen LogP contribution in [0, 0.1) is 0 Å². The van der Waals surface area contributed by atoms with Crippen molar-refractivity contribution in [2.24, 2.45) is 0 Å². The third kappa shape index (κ3) is 4.56. The molecule has 3 N–H and O–H groups in total. The van der Waals surface area contributed by atoms with E-state index in [2.05, 4.69) is 10.6 Å². The number of carbonyl (C=O) groups excluding carboxylic acids is 2. The molecule has 1 aromatic carbocycles. The number of para-hydroxylation sites is 2. The Kier molecular flexibility index (Phi) is 5.94. The molecule has 0 radical (unpaired) electrons. The molecule has 2 aromatic rings. The molecule has 0 spiro atoms. The van der Waals surface area contributed by atoms with E-state index in [1.54, 1.807) is 37.3 Å². The zero-order chi connectivity index (χ0) is 17.6. The van der Waals surface area contributed by atoms with E-state index >= 15 is 0 Å². The molecular formula is C17H20N2O4S. The van der Waals surface area contributed by atoms with Gasteiger partial charge >= 0.3 is 11.8 Å². The Morgan fingerprint density at radius 2 is 1.96 bits per heavy atom. The third-order valence-electron chi connectivity index (χ3n) is 3.29. The van der Waals surface area contributed by atoms with Gasteiger partial charge in [-0.15, -0.1) is 11.3 Å². The fourth-order valence-electron chi connectivity index (χ4n) is 2.04. The molecule has 6 nitrogen and oxygen atoms in total. The lowest BCUT2D eigenvalue weighted by molar-refractivity contribution is -0.136. The number of thiophene rings is 1. The maximum absolute atomic E-state index is 12.0. The van der Waals surface area contributed by atoms with Crippen LogP contribution in [0.15, 0.2) is 41.8 Å². The first kappa shape index (κ1) is 18.0. The summed E-state index contributed by atoms with van der Waals surface area (Å²) >= 11 is 1.38. The van der Waals surface area contributed by atoms with Gasteiger partial charge in [-0.2, -0.15) is 0 Å². The molecular weight excluding hydrogens is 328 g/mol. The molecule has 7 heteroatoms. The molecule has 0 bridgehead atoms. The molecule has 2 rings (SSSR count). The van der Waals surface area contributed by atoms with Gasteiger partial charge in [-0.1, -0.05) is 18.2 Å². The van der Waals surface area contributed by atoms with Crippen molar-refractivity contribution < 1.29 is 19.4 Å². The highest BCUT2D eigenvalue weighted by atomic mass is 32.1. The van der Waals surface area contributed by atoms with Crippen molar-refractivity contribution in [2.45, 2.75) is 19.4 Å². The Balaban J connectivity index is 1.94. The molecule has 1 heterocycles. The summed E-state index contributed by atoms with van der Waals surface area (Å²) in [5.41, 5.74) is -0.808. The van der Waals surface area contributed by atoms with E-state index in [-0.39, 0.29) is 6.54 Å².